The van der Waals surface area contributed by atoms with E-state index in [1.54, 1.807) is 18.0 Å². The number of carbonyl (C=O) groups excluding carboxylic acids is 2. The number of likely N-dealkylation sites (N-methyl/N-ethyl adjacent to an activating group) is 1. The van der Waals surface area contributed by atoms with Crippen LogP contribution in [0.3, 0.4) is 0 Å². The van der Waals surface area contributed by atoms with Gasteiger partial charge in [0.25, 0.3) is 0 Å². The first-order valence-corrected chi connectivity index (χ1v) is 8.03. The van der Waals surface area contributed by atoms with E-state index in [-0.39, 0.29) is 24.8 Å². The monoisotopic (exact) mass is 333 g/mol. The Kier molecular flexibility index (Phi) is 5.75. The minimum Gasteiger partial charge on any atom is -0.342 e. The average Bonchev–Trinajstić information content (AvgIpc) is 2.54. The van der Waals surface area contributed by atoms with E-state index in [1.807, 2.05) is 24.3 Å². The predicted octanol–water partition coefficient (Wildman–Crippen LogP) is 2.25. The average molecular weight is 334 g/mol. The molecule has 0 radical (unpaired) electrons. The molecule has 6 heteroatoms. The van der Waals surface area contributed by atoms with Crippen molar-refractivity contribution in [1.82, 2.24) is 10.2 Å². The van der Waals surface area contributed by atoms with Gasteiger partial charge in [-0.15, -0.1) is 0 Å². The Morgan fingerprint density at radius 3 is 2.83 bits per heavy atom. The highest BCUT2D eigenvalue weighted by molar-refractivity contribution is 6.31. The van der Waals surface area contributed by atoms with Crippen molar-refractivity contribution in [3.8, 4) is 6.07 Å². The number of halogens is 1. The first-order chi connectivity index (χ1) is 11.0. The summed E-state index contributed by atoms with van der Waals surface area (Å²) >= 11 is 6.35. The lowest BCUT2D eigenvalue weighted by atomic mass is 9.74. The van der Waals surface area contributed by atoms with Crippen LogP contribution in [0.5, 0.6) is 0 Å². The Hall–Kier alpha value is -1.90. The van der Waals surface area contributed by atoms with Gasteiger partial charge in [-0.2, -0.15) is 5.26 Å². The number of nitriles is 1. The van der Waals surface area contributed by atoms with E-state index in [1.165, 1.54) is 0 Å². The predicted molar refractivity (Wildman–Crippen MR) is 87.9 cm³/mol. The van der Waals surface area contributed by atoms with Crippen molar-refractivity contribution in [1.29, 1.82) is 5.26 Å². The number of Topliss-reactive ketones (excluding diaryl/α,β-unsaturated/α-hetero) is 1. The molecule has 2 rings (SSSR count). The number of amides is 1. The zero-order chi connectivity index (χ0) is 16.9. The summed E-state index contributed by atoms with van der Waals surface area (Å²) in [6.07, 6.45) is 2.88. The summed E-state index contributed by atoms with van der Waals surface area (Å²) in [5.74, 6) is -0.189. The molecule has 1 amide bonds. The normalized spacial score (nSPS) is 21.0. The first kappa shape index (κ1) is 17.5. The lowest BCUT2D eigenvalue weighted by Crippen LogP contribution is -2.54. The number of hydrogen-bond acceptors (Lipinski definition) is 4. The third kappa shape index (κ3) is 3.54. The van der Waals surface area contributed by atoms with Gasteiger partial charge in [0.05, 0.1) is 12.6 Å². The molecule has 1 atom stereocenters. The van der Waals surface area contributed by atoms with Gasteiger partial charge in [-0.3, -0.25) is 14.5 Å². The highest BCUT2D eigenvalue weighted by atomic mass is 35.5. The minimum atomic E-state index is -0.874. The molecule has 1 aliphatic rings. The summed E-state index contributed by atoms with van der Waals surface area (Å²) in [6.45, 7) is -0.00163. The smallest absolute Gasteiger partial charge is 0.235 e. The lowest BCUT2D eigenvalue weighted by Gasteiger charge is -2.43. The summed E-state index contributed by atoms with van der Waals surface area (Å²) in [5.41, 5.74) is -0.123. The van der Waals surface area contributed by atoms with E-state index in [9.17, 15) is 9.59 Å². The van der Waals surface area contributed by atoms with E-state index < -0.39 is 5.54 Å². The third-order valence-corrected chi connectivity index (χ3v) is 4.70. The molecule has 0 aliphatic heterocycles. The number of carbonyl (C=O) groups is 2. The van der Waals surface area contributed by atoms with Gasteiger partial charge >= 0.3 is 0 Å². The van der Waals surface area contributed by atoms with Crippen molar-refractivity contribution < 1.29 is 9.59 Å². The topological polar surface area (TPSA) is 73.2 Å². The largest absolute Gasteiger partial charge is 0.342 e. The van der Waals surface area contributed by atoms with Crippen LogP contribution in [-0.2, 0) is 15.1 Å². The Morgan fingerprint density at radius 2 is 2.17 bits per heavy atom. The molecular formula is C17H20ClN3O2. The molecule has 0 spiro atoms. The Balaban J connectivity index is 2.35. The summed E-state index contributed by atoms with van der Waals surface area (Å²) in [7, 11) is 1.76. The molecule has 1 aromatic rings. The fraction of sp³-hybridized carbons (Fsp3) is 0.471. The molecule has 0 unspecified atom stereocenters. The third-order valence-electron chi connectivity index (χ3n) is 4.37. The van der Waals surface area contributed by atoms with Crippen molar-refractivity contribution in [3.63, 3.8) is 0 Å². The molecule has 1 aromatic carbocycles. The second-order valence-electron chi connectivity index (χ2n) is 5.76. The van der Waals surface area contributed by atoms with Gasteiger partial charge in [0, 0.05) is 11.4 Å². The van der Waals surface area contributed by atoms with E-state index in [4.69, 9.17) is 16.9 Å². The van der Waals surface area contributed by atoms with Crippen LogP contribution in [-0.4, -0.2) is 36.7 Å². The molecule has 1 fully saturated rings. The van der Waals surface area contributed by atoms with Gasteiger partial charge < -0.3 is 5.32 Å². The van der Waals surface area contributed by atoms with Crippen LogP contribution in [0.1, 0.15) is 31.2 Å². The molecule has 0 heterocycles. The minimum absolute atomic E-state index is 0.0403. The molecular weight excluding hydrogens is 314 g/mol. The highest BCUT2D eigenvalue weighted by Gasteiger charge is 2.46. The maximum atomic E-state index is 12.8. The van der Waals surface area contributed by atoms with Gasteiger partial charge in [0.1, 0.15) is 12.1 Å². The zero-order valence-electron chi connectivity index (χ0n) is 13.1. The Labute approximate surface area is 141 Å². The van der Waals surface area contributed by atoms with Crippen molar-refractivity contribution in [2.24, 2.45) is 0 Å². The van der Waals surface area contributed by atoms with Gasteiger partial charge in [-0.25, -0.2) is 0 Å². The van der Waals surface area contributed by atoms with Crippen LogP contribution < -0.4 is 5.32 Å². The van der Waals surface area contributed by atoms with E-state index in [2.05, 4.69) is 5.32 Å². The molecule has 0 aromatic heterocycles. The molecule has 5 nitrogen and oxygen atoms in total. The highest BCUT2D eigenvalue weighted by Crippen LogP contribution is 2.41. The second kappa shape index (κ2) is 7.58. The van der Waals surface area contributed by atoms with Crippen LogP contribution >= 0.6 is 11.6 Å². The number of benzene rings is 1. The van der Waals surface area contributed by atoms with Gasteiger partial charge in [-0.05, 0) is 31.5 Å². The molecule has 0 saturated heterocycles. The fourth-order valence-corrected chi connectivity index (χ4v) is 3.54. The van der Waals surface area contributed by atoms with Gasteiger partial charge in [0.2, 0.25) is 5.91 Å². The van der Waals surface area contributed by atoms with Crippen LogP contribution in [0.4, 0.5) is 0 Å². The molecule has 0 bridgehead atoms. The number of rotatable bonds is 5. The summed E-state index contributed by atoms with van der Waals surface area (Å²) in [4.78, 5) is 26.6. The molecule has 23 heavy (non-hydrogen) atoms. The summed E-state index contributed by atoms with van der Waals surface area (Å²) < 4.78 is 0. The molecule has 1 N–H and O–H groups in total. The van der Waals surface area contributed by atoms with Crippen molar-refractivity contribution in [3.05, 3.63) is 34.9 Å². The molecule has 1 saturated carbocycles. The van der Waals surface area contributed by atoms with E-state index in [0.29, 0.717) is 17.9 Å². The van der Waals surface area contributed by atoms with Crippen molar-refractivity contribution >= 4 is 23.3 Å². The number of hydrogen-bond donors (Lipinski definition) is 1. The summed E-state index contributed by atoms with van der Waals surface area (Å²) in [5, 5.41) is 11.6. The van der Waals surface area contributed by atoms with E-state index in [0.717, 1.165) is 18.4 Å². The van der Waals surface area contributed by atoms with E-state index >= 15 is 0 Å². The lowest BCUT2D eigenvalue weighted by molar-refractivity contribution is -0.136. The van der Waals surface area contributed by atoms with Gasteiger partial charge in [-0.1, -0.05) is 36.2 Å². The number of nitrogens with one attached hydrogen (secondary N) is 1. The number of ketones is 1. The maximum Gasteiger partial charge on any atom is 0.235 e. The maximum absolute atomic E-state index is 12.8. The number of nitrogens with zero attached hydrogens (tertiary/aromatic N) is 2. The fourth-order valence-electron chi connectivity index (χ4n) is 3.25. The summed E-state index contributed by atoms with van der Waals surface area (Å²) in [6, 6.07) is 9.18. The standard InChI is InChI=1S/C17H20ClN3O2/c1-21(12-16(23)20-11-10-19)17(9-5-4-8-15(17)22)13-6-2-3-7-14(13)18/h2-3,6-7H,4-5,8-9,11-12H2,1H3,(H,20,23)/t17-/m0/s1. The van der Waals surface area contributed by atoms with Crippen LogP contribution in [0.15, 0.2) is 24.3 Å². The van der Waals surface area contributed by atoms with Crippen LogP contribution in [0, 0.1) is 11.3 Å². The quantitative estimate of drug-likeness (QED) is 0.839. The van der Waals surface area contributed by atoms with Gasteiger partial charge in [0.15, 0.2) is 5.78 Å². The van der Waals surface area contributed by atoms with Crippen molar-refractivity contribution in [2.45, 2.75) is 31.2 Å². The van der Waals surface area contributed by atoms with Crippen LogP contribution in [0.25, 0.3) is 0 Å². The SMILES string of the molecule is CN(CC(=O)NCC#N)[C@]1(c2ccccc2Cl)CCCCC1=O. The molecule has 122 valence electrons. The van der Waals surface area contributed by atoms with Crippen molar-refractivity contribution in [2.75, 3.05) is 20.1 Å². The first-order valence-electron chi connectivity index (χ1n) is 7.65. The Morgan fingerprint density at radius 1 is 1.43 bits per heavy atom. The Bertz CT molecular complexity index is 641. The molecule has 1 aliphatic carbocycles. The van der Waals surface area contributed by atoms with Crippen LogP contribution in [0.2, 0.25) is 5.02 Å². The second-order valence-corrected chi connectivity index (χ2v) is 6.17. The zero-order valence-corrected chi connectivity index (χ0v) is 13.9.